The highest BCUT2D eigenvalue weighted by molar-refractivity contribution is 9.10. The number of aliphatic hydroxyl groups is 1. The first-order chi connectivity index (χ1) is 7.99. The zero-order chi connectivity index (χ0) is 12.5. The van der Waals surface area contributed by atoms with Gasteiger partial charge in [-0.2, -0.15) is 0 Å². The summed E-state index contributed by atoms with van der Waals surface area (Å²) in [6, 6.07) is 4.68. The monoisotopic (exact) mass is 302 g/mol. The minimum Gasteiger partial charge on any atom is -0.390 e. The van der Waals surface area contributed by atoms with Gasteiger partial charge >= 0.3 is 0 Å². The van der Waals surface area contributed by atoms with Gasteiger partial charge in [0, 0.05) is 17.5 Å². The van der Waals surface area contributed by atoms with Crippen LogP contribution in [0.3, 0.4) is 0 Å². The van der Waals surface area contributed by atoms with Crippen molar-refractivity contribution in [3.8, 4) is 0 Å². The lowest BCUT2D eigenvalue weighted by molar-refractivity contribution is -0.0768. The Balaban J connectivity index is 2.09. The Morgan fingerprint density at radius 1 is 1.53 bits per heavy atom. The number of ether oxygens (including phenoxy) is 1. The first-order valence-corrected chi connectivity index (χ1v) is 6.56. The lowest BCUT2D eigenvalue weighted by atomic mass is 9.91. The van der Waals surface area contributed by atoms with Gasteiger partial charge < -0.3 is 9.84 Å². The van der Waals surface area contributed by atoms with Crippen LogP contribution < -0.4 is 0 Å². The molecule has 1 saturated heterocycles. The summed E-state index contributed by atoms with van der Waals surface area (Å²) >= 11 is 3.25. The predicted octanol–water partition coefficient (Wildman–Crippen LogP) is 3.06. The van der Waals surface area contributed by atoms with Crippen molar-refractivity contribution in [1.82, 2.24) is 0 Å². The third-order valence-electron chi connectivity index (χ3n) is 3.31. The van der Waals surface area contributed by atoms with E-state index < -0.39 is 11.7 Å². The third kappa shape index (κ3) is 3.06. The summed E-state index contributed by atoms with van der Waals surface area (Å²) in [7, 11) is 0. The average Bonchev–Trinajstić information content (AvgIpc) is 2.64. The Morgan fingerprint density at radius 2 is 2.29 bits per heavy atom. The SMILES string of the molecule is CC1(C(O)Cc2cc(F)cc(Br)c2)CCCO1. The van der Waals surface area contributed by atoms with Gasteiger partial charge in [-0.05, 0) is 43.5 Å². The van der Waals surface area contributed by atoms with Crippen molar-refractivity contribution in [2.75, 3.05) is 6.61 Å². The van der Waals surface area contributed by atoms with Crippen molar-refractivity contribution in [3.63, 3.8) is 0 Å². The van der Waals surface area contributed by atoms with Gasteiger partial charge in [-0.25, -0.2) is 4.39 Å². The number of hydrogen-bond donors (Lipinski definition) is 1. The molecule has 94 valence electrons. The molecule has 0 aliphatic carbocycles. The van der Waals surface area contributed by atoms with E-state index in [2.05, 4.69) is 15.9 Å². The second kappa shape index (κ2) is 5.04. The molecule has 2 unspecified atom stereocenters. The molecule has 2 nitrogen and oxygen atoms in total. The van der Waals surface area contributed by atoms with Crippen molar-refractivity contribution in [3.05, 3.63) is 34.1 Å². The van der Waals surface area contributed by atoms with Gasteiger partial charge in [-0.1, -0.05) is 15.9 Å². The van der Waals surface area contributed by atoms with Crippen molar-refractivity contribution in [1.29, 1.82) is 0 Å². The summed E-state index contributed by atoms with van der Waals surface area (Å²) in [4.78, 5) is 0. The fourth-order valence-corrected chi connectivity index (χ4v) is 2.74. The standard InChI is InChI=1S/C13H16BrFO2/c1-13(3-2-4-17-13)12(16)7-9-5-10(14)8-11(15)6-9/h5-6,8,12,16H,2-4,7H2,1H3. The van der Waals surface area contributed by atoms with E-state index in [0.29, 0.717) is 17.5 Å². The Labute approximate surface area is 109 Å². The van der Waals surface area contributed by atoms with Gasteiger partial charge in [-0.15, -0.1) is 0 Å². The lowest BCUT2D eigenvalue weighted by Gasteiger charge is -2.29. The van der Waals surface area contributed by atoms with E-state index in [4.69, 9.17) is 4.74 Å². The fourth-order valence-electron chi connectivity index (χ4n) is 2.23. The Kier molecular flexibility index (Phi) is 3.85. The quantitative estimate of drug-likeness (QED) is 0.930. The molecule has 2 atom stereocenters. The van der Waals surface area contributed by atoms with Crippen LogP contribution in [0.15, 0.2) is 22.7 Å². The van der Waals surface area contributed by atoms with Crippen LogP contribution in [0.5, 0.6) is 0 Å². The van der Waals surface area contributed by atoms with E-state index in [9.17, 15) is 9.50 Å². The second-order valence-electron chi connectivity index (χ2n) is 4.76. The van der Waals surface area contributed by atoms with Gasteiger partial charge in [0.05, 0.1) is 11.7 Å². The maximum Gasteiger partial charge on any atom is 0.124 e. The number of benzene rings is 1. The molecule has 0 radical (unpaired) electrons. The molecule has 0 spiro atoms. The van der Waals surface area contributed by atoms with Crippen LogP contribution in [0, 0.1) is 5.82 Å². The summed E-state index contributed by atoms with van der Waals surface area (Å²) in [6.07, 6.45) is 1.64. The molecule has 2 rings (SSSR count). The molecule has 4 heteroatoms. The van der Waals surface area contributed by atoms with Gasteiger partial charge in [0.15, 0.2) is 0 Å². The summed E-state index contributed by atoms with van der Waals surface area (Å²) in [5.74, 6) is -0.293. The van der Waals surface area contributed by atoms with Crippen LogP contribution in [0.2, 0.25) is 0 Å². The van der Waals surface area contributed by atoms with E-state index >= 15 is 0 Å². The number of rotatable bonds is 3. The van der Waals surface area contributed by atoms with Crippen LogP contribution in [0.4, 0.5) is 4.39 Å². The Hall–Kier alpha value is -0.450. The van der Waals surface area contributed by atoms with Crippen molar-refractivity contribution >= 4 is 15.9 Å². The summed E-state index contributed by atoms with van der Waals surface area (Å²) < 4.78 is 19.5. The highest BCUT2D eigenvalue weighted by Gasteiger charge is 2.37. The highest BCUT2D eigenvalue weighted by Crippen LogP contribution is 2.30. The van der Waals surface area contributed by atoms with E-state index in [1.54, 1.807) is 0 Å². The molecule has 0 bridgehead atoms. The number of halogens is 2. The van der Waals surface area contributed by atoms with Gasteiger partial charge in [0.25, 0.3) is 0 Å². The molecular weight excluding hydrogens is 287 g/mol. The summed E-state index contributed by atoms with van der Waals surface area (Å²) in [5, 5.41) is 10.2. The minimum absolute atomic E-state index is 0.293. The molecular formula is C13H16BrFO2. The number of hydrogen-bond acceptors (Lipinski definition) is 2. The fraction of sp³-hybridized carbons (Fsp3) is 0.538. The lowest BCUT2D eigenvalue weighted by Crippen LogP contribution is -2.40. The molecule has 1 aliphatic heterocycles. The Morgan fingerprint density at radius 3 is 2.88 bits per heavy atom. The van der Waals surface area contributed by atoms with Crippen LogP contribution in [-0.2, 0) is 11.2 Å². The molecule has 1 aliphatic rings. The molecule has 0 amide bonds. The van der Waals surface area contributed by atoms with Crippen molar-refractivity contribution < 1.29 is 14.2 Å². The molecule has 1 aromatic carbocycles. The normalized spacial score (nSPS) is 26.1. The third-order valence-corrected chi connectivity index (χ3v) is 3.76. The first-order valence-electron chi connectivity index (χ1n) is 5.77. The number of aliphatic hydroxyl groups excluding tert-OH is 1. The average molecular weight is 303 g/mol. The van der Waals surface area contributed by atoms with E-state index in [0.717, 1.165) is 18.4 Å². The zero-order valence-electron chi connectivity index (χ0n) is 9.75. The van der Waals surface area contributed by atoms with Crippen molar-refractivity contribution in [2.24, 2.45) is 0 Å². The summed E-state index contributed by atoms with van der Waals surface area (Å²) in [6.45, 7) is 2.61. The molecule has 17 heavy (non-hydrogen) atoms. The smallest absolute Gasteiger partial charge is 0.124 e. The zero-order valence-corrected chi connectivity index (χ0v) is 11.3. The van der Waals surface area contributed by atoms with Crippen LogP contribution in [0.25, 0.3) is 0 Å². The maximum atomic E-state index is 13.2. The maximum absolute atomic E-state index is 13.2. The van der Waals surface area contributed by atoms with Gasteiger partial charge in [-0.3, -0.25) is 0 Å². The van der Waals surface area contributed by atoms with E-state index in [1.807, 2.05) is 13.0 Å². The van der Waals surface area contributed by atoms with Crippen LogP contribution in [-0.4, -0.2) is 23.4 Å². The summed E-state index contributed by atoms with van der Waals surface area (Å²) in [5.41, 5.74) is 0.291. The Bertz CT molecular complexity index is 382. The second-order valence-corrected chi connectivity index (χ2v) is 5.68. The molecule has 1 heterocycles. The predicted molar refractivity (Wildman–Crippen MR) is 67.4 cm³/mol. The molecule has 0 aromatic heterocycles. The molecule has 0 saturated carbocycles. The van der Waals surface area contributed by atoms with Crippen molar-refractivity contribution in [2.45, 2.75) is 37.9 Å². The minimum atomic E-state index is -0.598. The van der Waals surface area contributed by atoms with Gasteiger partial charge in [0.2, 0.25) is 0 Å². The van der Waals surface area contributed by atoms with Crippen LogP contribution >= 0.6 is 15.9 Å². The van der Waals surface area contributed by atoms with E-state index in [-0.39, 0.29) is 5.82 Å². The first kappa shape index (κ1) is 13.0. The van der Waals surface area contributed by atoms with E-state index in [1.165, 1.54) is 12.1 Å². The topological polar surface area (TPSA) is 29.5 Å². The molecule has 1 fully saturated rings. The van der Waals surface area contributed by atoms with Gasteiger partial charge in [0.1, 0.15) is 5.82 Å². The largest absolute Gasteiger partial charge is 0.390 e. The molecule has 1 N–H and O–H groups in total. The van der Waals surface area contributed by atoms with Crippen LogP contribution in [0.1, 0.15) is 25.3 Å². The highest BCUT2D eigenvalue weighted by atomic mass is 79.9. The molecule has 1 aromatic rings.